The standard InChI is InChI=1S/C15H13BrN2O3/c1-2-21-15(20)10-5-3-6-11(9-10)18-14(19)12-7-4-8-17-13(12)16/h3-9H,2H2,1H3,(H,18,19). The van der Waals surface area contributed by atoms with Gasteiger partial charge in [0, 0.05) is 11.9 Å². The molecular weight excluding hydrogens is 336 g/mol. The number of nitrogens with zero attached hydrogens (tertiary/aromatic N) is 1. The maximum Gasteiger partial charge on any atom is 0.338 e. The first-order valence-corrected chi connectivity index (χ1v) is 7.10. The molecule has 1 N–H and O–H groups in total. The highest BCUT2D eigenvalue weighted by Gasteiger charge is 2.12. The highest BCUT2D eigenvalue weighted by Crippen LogP contribution is 2.17. The van der Waals surface area contributed by atoms with Crippen molar-refractivity contribution in [2.24, 2.45) is 0 Å². The Hall–Kier alpha value is -2.21. The minimum absolute atomic E-state index is 0.304. The van der Waals surface area contributed by atoms with E-state index in [1.807, 2.05) is 0 Å². The van der Waals surface area contributed by atoms with Gasteiger partial charge < -0.3 is 10.1 Å². The Morgan fingerprint density at radius 2 is 2.10 bits per heavy atom. The number of halogens is 1. The molecule has 6 heteroatoms. The molecule has 0 aliphatic rings. The summed E-state index contributed by atoms with van der Waals surface area (Å²) in [6, 6.07) is 9.91. The highest BCUT2D eigenvalue weighted by molar-refractivity contribution is 9.10. The summed E-state index contributed by atoms with van der Waals surface area (Å²) in [4.78, 5) is 27.8. The zero-order valence-corrected chi connectivity index (χ0v) is 12.9. The van der Waals surface area contributed by atoms with E-state index >= 15 is 0 Å². The molecule has 2 rings (SSSR count). The number of benzene rings is 1. The van der Waals surface area contributed by atoms with Crippen LogP contribution >= 0.6 is 15.9 Å². The Bertz CT molecular complexity index is 673. The van der Waals surface area contributed by atoms with Crippen molar-refractivity contribution < 1.29 is 14.3 Å². The predicted octanol–water partition coefficient (Wildman–Crippen LogP) is 3.27. The third-order valence-electron chi connectivity index (χ3n) is 2.64. The lowest BCUT2D eigenvalue weighted by Crippen LogP contribution is -2.13. The Morgan fingerprint density at radius 3 is 2.81 bits per heavy atom. The first-order valence-electron chi connectivity index (χ1n) is 6.31. The predicted molar refractivity (Wildman–Crippen MR) is 82.3 cm³/mol. The lowest BCUT2D eigenvalue weighted by molar-refractivity contribution is 0.0526. The highest BCUT2D eigenvalue weighted by atomic mass is 79.9. The molecule has 0 atom stereocenters. The molecule has 21 heavy (non-hydrogen) atoms. The van der Waals surface area contributed by atoms with Crippen LogP contribution in [-0.4, -0.2) is 23.5 Å². The molecule has 0 saturated heterocycles. The van der Waals surface area contributed by atoms with Gasteiger partial charge in [-0.15, -0.1) is 0 Å². The molecule has 0 saturated carbocycles. The second-order valence-electron chi connectivity index (χ2n) is 4.10. The Morgan fingerprint density at radius 1 is 1.29 bits per heavy atom. The van der Waals surface area contributed by atoms with E-state index in [2.05, 4.69) is 26.2 Å². The lowest BCUT2D eigenvalue weighted by atomic mass is 10.2. The minimum Gasteiger partial charge on any atom is -0.462 e. The largest absolute Gasteiger partial charge is 0.462 e. The lowest BCUT2D eigenvalue weighted by Gasteiger charge is -2.08. The molecule has 0 fully saturated rings. The maximum absolute atomic E-state index is 12.1. The van der Waals surface area contributed by atoms with Crippen LogP contribution in [0.4, 0.5) is 5.69 Å². The summed E-state index contributed by atoms with van der Waals surface area (Å²) in [5.41, 5.74) is 1.32. The zero-order valence-electron chi connectivity index (χ0n) is 11.3. The summed E-state index contributed by atoms with van der Waals surface area (Å²) >= 11 is 3.22. The van der Waals surface area contributed by atoms with Gasteiger partial charge in [0.15, 0.2) is 0 Å². The molecule has 0 spiro atoms. The maximum atomic E-state index is 12.1. The van der Waals surface area contributed by atoms with E-state index in [4.69, 9.17) is 4.74 Å². The van der Waals surface area contributed by atoms with Crippen LogP contribution in [0.1, 0.15) is 27.6 Å². The smallest absolute Gasteiger partial charge is 0.338 e. The van der Waals surface area contributed by atoms with Gasteiger partial charge in [-0.3, -0.25) is 4.79 Å². The number of rotatable bonds is 4. The molecule has 0 radical (unpaired) electrons. The molecule has 2 aromatic rings. The van der Waals surface area contributed by atoms with E-state index in [9.17, 15) is 9.59 Å². The molecule has 0 aliphatic heterocycles. The number of esters is 1. The van der Waals surface area contributed by atoms with Gasteiger partial charge in [0.05, 0.1) is 17.7 Å². The topological polar surface area (TPSA) is 68.3 Å². The third kappa shape index (κ3) is 3.88. The van der Waals surface area contributed by atoms with Crippen molar-refractivity contribution >= 4 is 33.5 Å². The van der Waals surface area contributed by atoms with Crippen molar-refractivity contribution in [2.45, 2.75) is 6.92 Å². The Kier molecular flexibility index (Phi) is 5.05. The molecule has 0 aliphatic carbocycles. The molecule has 1 aromatic carbocycles. The van der Waals surface area contributed by atoms with Gasteiger partial charge in [-0.05, 0) is 53.2 Å². The SMILES string of the molecule is CCOC(=O)c1cccc(NC(=O)c2cccnc2Br)c1. The summed E-state index contributed by atoms with van der Waals surface area (Å²) < 4.78 is 5.38. The number of amides is 1. The van der Waals surface area contributed by atoms with Crippen LogP contribution in [0.2, 0.25) is 0 Å². The van der Waals surface area contributed by atoms with Crippen LogP contribution < -0.4 is 5.32 Å². The number of carbonyl (C=O) groups is 2. The van der Waals surface area contributed by atoms with Gasteiger partial charge in [-0.1, -0.05) is 6.07 Å². The van der Waals surface area contributed by atoms with Crippen LogP contribution in [0.25, 0.3) is 0 Å². The average Bonchev–Trinajstić information content (AvgIpc) is 2.48. The molecular formula is C15H13BrN2O3. The fourth-order valence-corrected chi connectivity index (χ4v) is 2.12. The molecule has 0 bridgehead atoms. The fourth-order valence-electron chi connectivity index (χ4n) is 1.69. The van der Waals surface area contributed by atoms with Gasteiger partial charge in [0.25, 0.3) is 5.91 Å². The normalized spacial score (nSPS) is 10.0. The number of carbonyl (C=O) groups excluding carboxylic acids is 2. The molecule has 5 nitrogen and oxygen atoms in total. The van der Waals surface area contributed by atoms with E-state index in [1.165, 1.54) is 0 Å². The fraction of sp³-hybridized carbons (Fsp3) is 0.133. The van der Waals surface area contributed by atoms with Crippen LogP contribution in [-0.2, 0) is 4.74 Å². The first-order chi connectivity index (χ1) is 10.1. The summed E-state index contributed by atoms with van der Waals surface area (Å²) in [6.45, 7) is 2.04. The first kappa shape index (κ1) is 15.2. The molecule has 1 aromatic heterocycles. The van der Waals surface area contributed by atoms with Crippen molar-refractivity contribution in [1.82, 2.24) is 4.98 Å². The number of hydrogen-bond donors (Lipinski definition) is 1. The van der Waals surface area contributed by atoms with Gasteiger partial charge in [0.1, 0.15) is 4.60 Å². The van der Waals surface area contributed by atoms with E-state index < -0.39 is 5.97 Å². The zero-order chi connectivity index (χ0) is 15.2. The van der Waals surface area contributed by atoms with Gasteiger partial charge in [0.2, 0.25) is 0 Å². The van der Waals surface area contributed by atoms with Crippen molar-refractivity contribution in [3.8, 4) is 0 Å². The van der Waals surface area contributed by atoms with Crippen LogP contribution in [0.3, 0.4) is 0 Å². The van der Waals surface area contributed by atoms with Crippen molar-refractivity contribution in [3.05, 3.63) is 58.3 Å². The second-order valence-corrected chi connectivity index (χ2v) is 4.85. The number of nitrogens with one attached hydrogen (secondary N) is 1. The van der Waals surface area contributed by atoms with Gasteiger partial charge in [-0.25, -0.2) is 9.78 Å². The monoisotopic (exact) mass is 348 g/mol. The van der Waals surface area contributed by atoms with E-state index in [-0.39, 0.29) is 5.91 Å². The number of pyridine rings is 1. The quantitative estimate of drug-likeness (QED) is 0.680. The second kappa shape index (κ2) is 6.99. The summed E-state index contributed by atoms with van der Waals surface area (Å²) in [7, 11) is 0. The van der Waals surface area contributed by atoms with Crippen LogP contribution in [0.15, 0.2) is 47.2 Å². The third-order valence-corrected chi connectivity index (χ3v) is 3.27. The van der Waals surface area contributed by atoms with Gasteiger partial charge in [-0.2, -0.15) is 0 Å². The summed E-state index contributed by atoms with van der Waals surface area (Å²) in [5, 5.41) is 2.72. The van der Waals surface area contributed by atoms with Crippen molar-refractivity contribution in [1.29, 1.82) is 0 Å². The molecule has 108 valence electrons. The number of ether oxygens (including phenoxy) is 1. The summed E-state index contributed by atoms with van der Waals surface area (Å²) in [5.74, 6) is -0.729. The van der Waals surface area contributed by atoms with Crippen LogP contribution in [0, 0.1) is 0 Å². The van der Waals surface area contributed by atoms with Crippen molar-refractivity contribution in [3.63, 3.8) is 0 Å². The number of anilines is 1. The average molecular weight is 349 g/mol. The Labute approximate surface area is 130 Å². The van der Waals surface area contributed by atoms with E-state index in [0.29, 0.717) is 28.0 Å². The number of aromatic nitrogens is 1. The number of hydrogen-bond acceptors (Lipinski definition) is 4. The molecule has 1 heterocycles. The van der Waals surface area contributed by atoms with Gasteiger partial charge >= 0.3 is 5.97 Å². The van der Waals surface area contributed by atoms with Crippen molar-refractivity contribution in [2.75, 3.05) is 11.9 Å². The van der Waals surface area contributed by atoms with Crippen LogP contribution in [0.5, 0.6) is 0 Å². The molecule has 1 amide bonds. The van der Waals surface area contributed by atoms with E-state index in [1.54, 1.807) is 49.5 Å². The minimum atomic E-state index is -0.420. The van der Waals surface area contributed by atoms with E-state index in [0.717, 1.165) is 0 Å². The Balaban J connectivity index is 2.17. The molecule has 0 unspecified atom stereocenters. The summed E-state index contributed by atoms with van der Waals surface area (Å²) in [6.07, 6.45) is 1.59.